The molecule has 0 fully saturated rings. The van der Waals surface area contributed by atoms with E-state index in [1.165, 1.54) is 16.9 Å². The summed E-state index contributed by atoms with van der Waals surface area (Å²) in [6.07, 6.45) is 0.945. The fraction of sp³-hybridized carbons (Fsp3) is 0.286. The van der Waals surface area contributed by atoms with Gasteiger partial charge in [-0.15, -0.1) is 10.2 Å². The first-order chi connectivity index (χ1) is 14.5. The van der Waals surface area contributed by atoms with E-state index in [0.717, 1.165) is 38.4 Å². The molecule has 0 saturated carbocycles. The van der Waals surface area contributed by atoms with Crippen LogP contribution in [-0.4, -0.2) is 30.7 Å². The molecule has 0 bridgehead atoms. The fourth-order valence-electron chi connectivity index (χ4n) is 3.26. The lowest BCUT2D eigenvalue weighted by Crippen LogP contribution is -2.14. The van der Waals surface area contributed by atoms with Crippen LogP contribution in [-0.2, 0) is 17.0 Å². The number of thioether (sulfide) groups is 1. The van der Waals surface area contributed by atoms with Crippen LogP contribution in [0.15, 0.2) is 40.7 Å². The summed E-state index contributed by atoms with van der Waals surface area (Å²) >= 11 is 3.01. The number of aryl methyl sites for hydroxylation is 3. The molecule has 0 radical (unpaired) electrons. The third-order valence-electron chi connectivity index (χ3n) is 4.75. The second-order valence-corrected chi connectivity index (χ2v) is 9.21. The summed E-state index contributed by atoms with van der Waals surface area (Å²) in [5, 5.41) is 16.1. The number of benzene rings is 1. The predicted molar refractivity (Wildman–Crippen MR) is 120 cm³/mol. The molecule has 0 spiro atoms. The lowest BCUT2D eigenvalue weighted by Gasteiger charge is -2.10. The van der Waals surface area contributed by atoms with E-state index in [-0.39, 0.29) is 5.91 Å². The van der Waals surface area contributed by atoms with Gasteiger partial charge in [0.05, 0.1) is 5.69 Å². The molecule has 4 rings (SSSR count). The van der Waals surface area contributed by atoms with Crippen LogP contribution in [0, 0.1) is 20.8 Å². The molecule has 1 aromatic carbocycles. The van der Waals surface area contributed by atoms with Gasteiger partial charge in [-0.25, -0.2) is 9.50 Å². The zero-order chi connectivity index (χ0) is 21.1. The largest absolute Gasteiger partial charge is 0.300 e. The number of hydrogen-bond donors (Lipinski definition) is 1. The van der Waals surface area contributed by atoms with Crippen LogP contribution in [0.1, 0.15) is 34.6 Å². The standard InChI is InChI=1S/C21H22N6OS2/c1-13-11-18-22-14(2)17(15(3)27(18)26-13)9-10-19(28)23-20-24-25-21(30-20)29-12-16-7-5-4-6-8-16/h4-8,11H,9-10,12H2,1-3H3,(H,23,24,28). The molecule has 4 aromatic rings. The molecule has 1 N–H and O–H groups in total. The molecule has 0 aliphatic heterocycles. The zero-order valence-corrected chi connectivity index (χ0v) is 18.7. The fourth-order valence-corrected chi connectivity index (χ4v) is 4.99. The van der Waals surface area contributed by atoms with E-state index in [4.69, 9.17) is 0 Å². The Bertz CT molecular complexity index is 1190. The first kappa shape index (κ1) is 20.5. The van der Waals surface area contributed by atoms with Crippen molar-refractivity contribution in [2.75, 3.05) is 5.32 Å². The molecule has 0 aliphatic carbocycles. The lowest BCUT2D eigenvalue weighted by molar-refractivity contribution is -0.116. The van der Waals surface area contributed by atoms with Gasteiger partial charge in [-0.3, -0.25) is 4.79 Å². The van der Waals surface area contributed by atoms with Gasteiger partial charge in [0.15, 0.2) is 9.99 Å². The Morgan fingerprint density at radius 2 is 1.97 bits per heavy atom. The third-order valence-corrected chi connectivity index (χ3v) is 6.79. The van der Waals surface area contributed by atoms with Crippen molar-refractivity contribution in [3.05, 3.63) is 64.6 Å². The van der Waals surface area contributed by atoms with Gasteiger partial charge >= 0.3 is 0 Å². The van der Waals surface area contributed by atoms with Gasteiger partial charge in [0.25, 0.3) is 0 Å². The lowest BCUT2D eigenvalue weighted by atomic mass is 10.1. The van der Waals surface area contributed by atoms with E-state index in [1.54, 1.807) is 11.8 Å². The Labute approximate surface area is 183 Å². The van der Waals surface area contributed by atoms with Crippen molar-refractivity contribution in [2.24, 2.45) is 0 Å². The summed E-state index contributed by atoms with van der Waals surface area (Å²) in [4.78, 5) is 17.1. The molecule has 7 nitrogen and oxygen atoms in total. The van der Waals surface area contributed by atoms with Crippen molar-refractivity contribution in [1.29, 1.82) is 0 Å². The number of nitrogens with one attached hydrogen (secondary N) is 1. The predicted octanol–water partition coefficient (Wildman–Crippen LogP) is 4.37. The molecule has 9 heteroatoms. The molecule has 3 aromatic heterocycles. The zero-order valence-electron chi connectivity index (χ0n) is 17.0. The minimum absolute atomic E-state index is 0.0821. The molecule has 0 aliphatic rings. The van der Waals surface area contributed by atoms with Crippen LogP contribution in [0.25, 0.3) is 5.65 Å². The normalized spacial score (nSPS) is 11.2. The van der Waals surface area contributed by atoms with Gasteiger partial charge in [-0.2, -0.15) is 5.10 Å². The molecule has 0 atom stereocenters. The monoisotopic (exact) mass is 438 g/mol. The first-order valence-corrected chi connectivity index (χ1v) is 11.4. The van der Waals surface area contributed by atoms with E-state index < -0.39 is 0 Å². The summed E-state index contributed by atoms with van der Waals surface area (Å²) in [7, 11) is 0. The number of anilines is 1. The minimum Gasteiger partial charge on any atom is -0.300 e. The maximum absolute atomic E-state index is 12.4. The quantitative estimate of drug-likeness (QED) is 0.341. The number of hydrogen-bond acceptors (Lipinski definition) is 7. The van der Waals surface area contributed by atoms with Gasteiger partial charge in [-0.1, -0.05) is 53.4 Å². The minimum atomic E-state index is -0.0821. The van der Waals surface area contributed by atoms with E-state index in [9.17, 15) is 4.79 Å². The van der Waals surface area contributed by atoms with Crippen molar-refractivity contribution < 1.29 is 4.79 Å². The Balaban J connectivity index is 1.34. The number of aromatic nitrogens is 5. The second kappa shape index (κ2) is 8.93. The van der Waals surface area contributed by atoms with Crippen molar-refractivity contribution in [3.63, 3.8) is 0 Å². The maximum Gasteiger partial charge on any atom is 0.226 e. The molecule has 3 heterocycles. The number of carbonyl (C=O) groups is 1. The number of nitrogens with zero attached hydrogens (tertiary/aromatic N) is 5. The van der Waals surface area contributed by atoms with Crippen molar-refractivity contribution in [3.8, 4) is 0 Å². The number of amides is 1. The van der Waals surface area contributed by atoms with Crippen LogP contribution in [0.5, 0.6) is 0 Å². The van der Waals surface area contributed by atoms with Crippen LogP contribution in [0.3, 0.4) is 0 Å². The third kappa shape index (κ3) is 4.68. The maximum atomic E-state index is 12.4. The molecular weight excluding hydrogens is 416 g/mol. The van der Waals surface area contributed by atoms with Gasteiger partial charge in [0, 0.05) is 29.6 Å². The molecule has 0 unspecified atom stereocenters. The Morgan fingerprint density at radius 3 is 2.77 bits per heavy atom. The van der Waals surface area contributed by atoms with E-state index in [0.29, 0.717) is 18.0 Å². The van der Waals surface area contributed by atoms with E-state index >= 15 is 0 Å². The average molecular weight is 439 g/mol. The smallest absolute Gasteiger partial charge is 0.226 e. The summed E-state index contributed by atoms with van der Waals surface area (Å²) in [6, 6.07) is 12.2. The van der Waals surface area contributed by atoms with E-state index in [2.05, 4.69) is 37.7 Å². The highest BCUT2D eigenvalue weighted by atomic mass is 32.2. The van der Waals surface area contributed by atoms with Crippen molar-refractivity contribution in [2.45, 2.75) is 43.7 Å². The van der Waals surface area contributed by atoms with Gasteiger partial charge < -0.3 is 5.32 Å². The average Bonchev–Trinajstić information content (AvgIpc) is 3.32. The second-order valence-electron chi connectivity index (χ2n) is 7.01. The summed E-state index contributed by atoms with van der Waals surface area (Å²) < 4.78 is 2.68. The summed E-state index contributed by atoms with van der Waals surface area (Å²) in [5.74, 6) is 0.742. The van der Waals surface area contributed by atoms with Gasteiger partial charge in [-0.05, 0) is 38.3 Å². The molecule has 154 valence electrons. The molecule has 0 saturated heterocycles. The first-order valence-electron chi connectivity index (χ1n) is 9.62. The Morgan fingerprint density at radius 1 is 1.17 bits per heavy atom. The molecule has 30 heavy (non-hydrogen) atoms. The number of fused-ring (bicyclic) bond motifs is 1. The van der Waals surface area contributed by atoms with Crippen LogP contribution in [0.4, 0.5) is 5.13 Å². The highest BCUT2D eigenvalue weighted by Gasteiger charge is 2.14. The Kier molecular flexibility index (Phi) is 6.10. The van der Waals surface area contributed by atoms with Crippen LogP contribution < -0.4 is 5.32 Å². The van der Waals surface area contributed by atoms with Gasteiger partial charge in [0.1, 0.15) is 0 Å². The molecule has 1 amide bonds. The van der Waals surface area contributed by atoms with Crippen LogP contribution >= 0.6 is 23.1 Å². The van der Waals surface area contributed by atoms with E-state index in [1.807, 2.05) is 49.6 Å². The van der Waals surface area contributed by atoms with Crippen molar-refractivity contribution in [1.82, 2.24) is 24.8 Å². The summed E-state index contributed by atoms with van der Waals surface area (Å²) in [5.41, 5.74) is 6.00. The Hall–Kier alpha value is -2.78. The highest BCUT2D eigenvalue weighted by molar-refractivity contribution is 8.00. The van der Waals surface area contributed by atoms with Gasteiger partial charge in [0.2, 0.25) is 11.0 Å². The SMILES string of the molecule is Cc1cc2nc(C)c(CCC(=O)Nc3nnc(SCc4ccccc4)s3)c(C)n2n1. The summed E-state index contributed by atoms with van der Waals surface area (Å²) in [6.45, 7) is 5.94. The van der Waals surface area contributed by atoms with Crippen LogP contribution in [0.2, 0.25) is 0 Å². The number of carbonyl (C=O) groups excluding carboxylic acids is 1. The number of rotatable bonds is 7. The topological polar surface area (TPSA) is 85.1 Å². The van der Waals surface area contributed by atoms with Crippen molar-refractivity contribution >= 4 is 39.8 Å². The molecular formula is C21H22N6OS2. The highest BCUT2D eigenvalue weighted by Crippen LogP contribution is 2.28.